The summed E-state index contributed by atoms with van der Waals surface area (Å²) in [6.07, 6.45) is 5.04. The Labute approximate surface area is 62.3 Å². The van der Waals surface area contributed by atoms with Crippen LogP contribution in [0.3, 0.4) is 0 Å². The highest BCUT2D eigenvalue weighted by molar-refractivity contribution is 7.94. The second kappa shape index (κ2) is 2.30. The molecule has 1 aliphatic heterocycles. The zero-order valence-corrected chi connectivity index (χ0v) is 5.84. The van der Waals surface area contributed by atoms with Crippen LogP contribution in [0, 0.1) is 0 Å². The average Bonchev–Trinajstić information content (AvgIpc) is 2.05. The second-order valence-electron chi connectivity index (χ2n) is 1.76. The van der Waals surface area contributed by atoms with E-state index in [0.717, 1.165) is 10.6 Å². The van der Waals surface area contributed by atoms with E-state index in [-0.39, 0.29) is 0 Å². The lowest BCUT2D eigenvalue weighted by Crippen LogP contribution is -1.91. The zero-order valence-electron chi connectivity index (χ0n) is 5.02. The van der Waals surface area contributed by atoms with E-state index in [1.165, 1.54) is 12.0 Å². The van der Waals surface area contributed by atoms with E-state index in [1.807, 2.05) is 6.07 Å². The van der Waals surface area contributed by atoms with Crippen LogP contribution in [0.15, 0.2) is 23.4 Å². The molecule has 10 heavy (non-hydrogen) atoms. The van der Waals surface area contributed by atoms with Gasteiger partial charge in [-0.1, -0.05) is 0 Å². The van der Waals surface area contributed by atoms with Crippen LogP contribution in [0.4, 0.5) is 0 Å². The van der Waals surface area contributed by atoms with Crippen LogP contribution in [0.1, 0.15) is 5.69 Å². The van der Waals surface area contributed by atoms with E-state index in [0.29, 0.717) is 0 Å². The number of rotatable bonds is 0. The number of nitrogens with zero attached hydrogens (tertiary/aromatic N) is 2. The molecule has 0 N–H and O–H groups in total. The van der Waals surface area contributed by atoms with Crippen molar-refractivity contribution in [1.82, 2.24) is 10.2 Å². The predicted octanol–water partition coefficient (Wildman–Crippen LogP) is 1.48. The lowest BCUT2D eigenvalue weighted by molar-refractivity contribution is 0.564. The minimum Gasteiger partial charge on any atom is -0.428 e. The molecule has 0 spiro atoms. The molecule has 0 atom stereocenters. The molecular formula is C6H4N2OS. The summed E-state index contributed by atoms with van der Waals surface area (Å²) in [4.78, 5) is 1.01. The maximum Gasteiger partial charge on any atom is 0.106 e. The van der Waals surface area contributed by atoms with Crippen molar-refractivity contribution >= 4 is 18.1 Å². The summed E-state index contributed by atoms with van der Waals surface area (Å²) in [6, 6.07) is 1.87. The Hall–Kier alpha value is -1.03. The van der Waals surface area contributed by atoms with Gasteiger partial charge in [-0.2, -0.15) is 5.10 Å². The first-order valence-corrected chi connectivity index (χ1v) is 3.52. The van der Waals surface area contributed by atoms with Gasteiger partial charge in [0.05, 0.1) is 23.1 Å². The molecule has 1 aromatic heterocycles. The molecule has 1 aliphatic rings. The highest BCUT2D eigenvalue weighted by Crippen LogP contribution is 2.26. The Kier molecular flexibility index (Phi) is 1.32. The average molecular weight is 152 g/mol. The fraction of sp³-hybridized carbons (Fsp3) is 0. The molecule has 0 fully saturated rings. The fourth-order valence-corrected chi connectivity index (χ4v) is 1.21. The highest BCUT2D eigenvalue weighted by atomic mass is 32.2. The molecule has 4 heteroatoms. The van der Waals surface area contributed by atoms with Gasteiger partial charge in [0, 0.05) is 6.08 Å². The lowest BCUT2D eigenvalue weighted by Gasteiger charge is -2.05. The molecule has 50 valence electrons. The summed E-state index contributed by atoms with van der Waals surface area (Å²) in [7, 11) is 0. The third-order valence-corrected chi connectivity index (χ3v) is 1.86. The Morgan fingerprint density at radius 1 is 1.50 bits per heavy atom. The fourth-order valence-electron chi connectivity index (χ4n) is 0.689. The van der Waals surface area contributed by atoms with Crippen molar-refractivity contribution in [2.24, 2.45) is 0 Å². The van der Waals surface area contributed by atoms with Gasteiger partial charge in [-0.05, 0) is 6.07 Å². The molecule has 0 saturated heterocycles. The summed E-state index contributed by atoms with van der Waals surface area (Å²) in [5.41, 5.74) is 0.874. The van der Waals surface area contributed by atoms with Crippen LogP contribution in [-0.4, -0.2) is 10.2 Å². The minimum atomic E-state index is 0.874. The van der Waals surface area contributed by atoms with Gasteiger partial charge < -0.3 is 4.18 Å². The molecule has 2 heterocycles. The Bertz CT molecular complexity index is 274. The van der Waals surface area contributed by atoms with Crippen molar-refractivity contribution in [3.05, 3.63) is 24.2 Å². The maximum atomic E-state index is 4.96. The molecule has 0 radical (unpaired) electrons. The molecule has 0 unspecified atom stereocenters. The molecule has 2 rings (SSSR count). The van der Waals surface area contributed by atoms with Gasteiger partial charge in [0.1, 0.15) is 12.0 Å². The summed E-state index contributed by atoms with van der Waals surface area (Å²) in [5, 5.41) is 7.61. The standard InChI is InChI=1S/C6H4N2OS/c1-3-7-8-5-2-4-9-10-6(1)5/h1-4H. The van der Waals surface area contributed by atoms with Gasteiger partial charge in [0.25, 0.3) is 0 Å². The molecular weight excluding hydrogens is 148 g/mol. The van der Waals surface area contributed by atoms with Crippen LogP contribution in [-0.2, 0) is 4.18 Å². The van der Waals surface area contributed by atoms with E-state index in [9.17, 15) is 0 Å². The van der Waals surface area contributed by atoms with E-state index in [4.69, 9.17) is 4.18 Å². The number of hydrogen-bond donors (Lipinski definition) is 0. The smallest absolute Gasteiger partial charge is 0.106 e. The van der Waals surface area contributed by atoms with Gasteiger partial charge in [0.2, 0.25) is 0 Å². The number of aromatic nitrogens is 2. The number of hydrogen-bond acceptors (Lipinski definition) is 4. The highest BCUT2D eigenvalue weighted by Gasteiger charge is 2.05. The maximum absolute atomic E-state index is 4.96. The molecule has 0 aromatic carbocycles. The summed E-state index contributed by atoms with van der Waals surface area (Å²) in [6.45, 7) is 0. The zero-order chi connectivity index (χ0) is 6.81. The minimum absolute atomic E-state index is 0.874. The molecule has 3 nitrogen and oxygen atoms in total. The Morgan fingerprint density at radius 3 is 3.40 bits per heavy atom. The molecule has 1 aromatic rings. The Balaban J connectivity index is 2.54. The quantitative estimate of drug-likeness (QED) is 0.527. The van der Waals surface area contributed by atoms with E-state index >= 15 is 0 Å². The lowest BCUT2D eigenvalue weighted by atomic mass is 10.4. The van der Waals surface area contributed by atoms with Crippen LogP contribution >= 0.6 is 12.0 Å². The third kappa shape index (κ3) is 0.863. The van der Waals surface area contributed by atoms with Crippen LogP contribution in [0.2, 0.25) is 0 Å². The van der Waals surface area contributed by atoms with Crippen LogP contribution < -0.4 is 0 Å². The number of fused-ring (bicyclic) bond motifs is 1. The largest absolute Gasteiger partial charge is 0.428 e. The topological polar surface area (TPSA) is 35.0 Å². The first-order valence-electron chi connectivity index (χ1n) is 2.78. The van der Waals surface area contributed by atoms with Crippen molar-refractivity contribution in [2.75, 3.05) is 0 Å². The van der Waals surface area contributed by atoms with Crippen molar-refractivity contribution in [3.63, 3.8) is 0 Å². The van der Waals surface area contributed by atoms with Gasteiger partial charge >= 0.3 is 0 Å². The van der Waals surface area contributed by atoms with E-state index in [2.05, 4.69) is 10.2 Å². The van der Waals surface area contributed by atoms with Gasteiger partial charge in [0.15, 0.2) is 0 Å². The predicted molar refractivity (Wildman–Crippen MR) is 38.0 cm³/mol. The van der Waals surface area contributed by atoms with E-state index < -0.39 is 0 Å². The van der Waals surface area contributed by atoms with Crippen molar-refractivity contribution < 1.29 is 4.18 Å². The molecule has 0 saturated carbocycles. The van der Waals surface area contributed by atoms with E-state index in [1.54, 1.807) is 18.5 Å². The first-order chi connectivity index (χ1) is 4.97. The summed E-state index contributed by atoms with van der Waals surface area (Å²) in [5.74, 6) is 0. The Morgan fingerprint density at radius 2 is 2.50 bits per heavy atom. The van der Waals surface area contributed by atoms with Crippen molar-refractivity contribution in [3.8, 4) is 0 Å². The van der Waals surface area contributed by atoms with Gasteiger partial charge in [-0.3, -0.25) is 0 Å². The van der Waals surface area contributed by atoms with Crippen molar-refractivity contribution in [2.45, 2.75) is 4.90 Å². The SMILES string of the molecule is C1=Cc2nnccc2SO1. The first kappa shape index (κ1) is 5.73. The molecule has 0 aliphatic carbocycles. The van der Waals surface area contributed by atoms with Gasteiger partial charge in [-0.15, -0.1) is 5.10 Å². The summed E-state index contributed by atoms with van der Waals surface area (Å²) < 4.78 is 4.96. The summed E-state index contributed by atoms with van der Waals surface area (Å²) >= 11 is 1.30. The van der Waals surface area contributed by atoms with Crippen LogP contribution in [0.5, 0.6) is 0 Å². The van der Waals surface area contributed by atoms with Crippen molar-refractivity contribution in [1.29, 1.82) is 0 Å². The van der Waals surface area contributed by atoms with Gasteiger partial charge in [-0.25, -0.2) is 0 Å². The second-order valence-corrected chi connectivity index (χ2v) is 2.56. The monoisotopic (exact) mass is 152 g/mol. The molecule has 0 amide bonds. The van der Waals surface area contributed by atoms with Crippen LogP contribution in [0.25, 0.3) is 6.08 Å². The molecule has 0 bridgehead atoms. The normalized spacial score (nSPS) is 14.0. The third-order valence-electron chi connectivity index (χ3n) is 1.13.